The van der Waals surface area contributed by atoms with Gasteiger partial charge in [-0.2, -0.15) is 0 Å². The molecule has 1 amide bonds. The summed E-state index contributed by atoms with van der Waals surface area (Å²) in [6.45, 7) is 5.98. The molecule has 104 valence electrons. The molecule has 0 unspecified atom stereocenters. The Bertz CT molecular complexity index is 445. The molecular formula is C15H22N2O2. The molecule has 0 bridgehead atoms. The molecule has 1 fully saturated rings. The Morgan fingerprint density at radius 2 is 2.00 bits per heavy atom. The Morgan fingerprint density at radius 3 is 2.53 bits per heavy atom. The fraction of sp³-hybridized carbons (Fsp3) is 0.600. The number of hydrogen-bond acceptors (Lipinski definition) is 3. The summed E-state index contributed by atoms with van der Waals surface area (Å²) in [6.07, 6.45) is 5.96. The molecule has 2 rings (SSSR count). The fourth-order valence-corrected chi connectivity index (χ4v) is 2.85. The molecule has 0 atom stereocenters. The van der Waals surface area contributed by atoms with Crippen molar-refractivity contribution in [3.05, 3.63) is 24.0 Å². The number of piperidine rings is 1. The number of rotatable bonds is 3. The highest BCUT2D eigenvalue weighted by Gasteiger charge is 2.33. The van der Waals surface area contributed by atoms with Gasteiger partial charge in [0.05, 0.1) is 0 Å². The number of carbonyl (C=O) groups excluding carboxylic acids is 1. The third-order valence-electron chi connectivity index (χ3n) is 4.60. The van der Waals surface area contributed by atoms with E-state index in [4.69, 9.17) is 0 Å². The van der Waals surface area contributed by atoms with E-state index in [1.165, 1.54) is 18.9 Å². The lowest BCUT2D eigenvalue weighted by Gasteiger charge is -2.40. The maximum Gasteiger partial charge on any atom is 0.276 e. The molecule has 0 spiro atoms. The highest BCUT2D eigenvalue weighted by molar-refractivity contribution is 5.94. The summed E-state index contributed by atoms with van der Waals surface area (Å²) in [6, 6.07) is 3.13. The van der Waals surface area contributed by atoms with E-state index >= 15 is 0 Å². The van der Waals surface area contributed by atoms with Crippen molar-refractivity contribution in [2.45, 2.75) is 39.5 Å². The van der Waals surface area contributed by atoms with Crippen LogP contribution in [0.25, 0.3) is 0 Å². The van der Waals surface area contributed by atoms with Crippen molar-refractivity contribution in [1.82, 2.24) is 9.88 Å². The highest BCUT2D eigenvalue weighted by atomic mass is 16.3. The normalized spacial score (nSPS) is 18.3. The second kappa shape index (κ2) is 5.59. The lowest BCUT2D eigenvalue weighted by Crippen LogP contribution is -2.43. The minimum Gasteiger partial charge on any atom is -0.505 e. The smallest absolute Gasteiger partial charge is 0.276 e. The van der Waals surface area contributed by atoms with Gasteiger partial charge < -0.3 is 10.0 Å². The summed E-state index contributed by atoms with van der Waals surface area (Å²) in [5, 5.41) is 9.70. The van der Waals surface area contributed by atoms with Crippen molar-refractivity contribution in [1.29, 1.82) is 0 Å². The van der Waals surface area contributed by atoms with Crippen molar-refractivity contribution >= 4 is 5.91 Å². The predicted molar refractivity (Wildman–Crippen MR) is 74.1 cm³/mol. The average molecular weight is 262 g/mol. The molecule has 4 heteroatoms. The van der Waals surface area contributed by atoms with Crippen LogP contribution < -0.4 is 0 Å². The Morgan fingerprint density at radius 1 is 1.37 bits per heavy atom. The zero-order chi connectivity index (χ0) is 13.9. The Kier molecular flexibility index (Phi) is 4.08. The maximum absolute atomic E-state index is 12.3. The minimum absolute atomic E-state index is 0.0321. The first-order valence-corrected chi connectivity index (χ1v) is 7.05. The number of nitrogens with zero attached hydrogens (tertiary/aromatic N) is 2. The van der Waals surface area contributed by atoms with Crippen molar-refractivity contribution < 1.29 is 9.90 Å². The standard InChI is InChI=1S/C15H22N2O2/c1-3-15(4-2)7-10-17(11-8-15)14(19)13-12(18)6-5-9-16-13/h5-6,9,18H,3-4,7-8,10-11H2,1-2H3. The van der Waals surface area contributed by atoms with Gasteiger partial charge in [0.1, 0.15) is 5.75 Å². The van der Waals surface area contributed by atoms with Crippen molar-refractivity contribution in [2.75, 3.05) is 13.1 Å². The minimum atomic E-state index is -0.154. The SMILES string of the molecule is CCC1(CC)CCN(C(=O)c2ncccc2O)CC1. The molecule has 0 saturated carbocycles. The first kappa shape index (κ1) is 13.8. The molecular weight excluding hydrogens is 240 g/mol. The van der Waals surface area contributed by atoms with Gasteiger partial charge in [-0.05, 0) is 30.4 Å². The average Bonchev–Trinajstić information content (AvgIpc) is 2.47. The summed E-state index contributed by atoms with van der Waals surface area (Å²) in [5.41, 5.74) is 0.561. The molecule has 1 aromatic heterocycles. The van der Waals surface area contributed by atoms with Gasteiger partial charge in [0.2, 0.25) is 0 Å². The first-order valence-electron chi connectivity index (χ1n) is 7.05. The van der Waals surface area contributed by atoms with Gasteiger partial charge in [-0.15, -0.1) is 0 Å². The number of carbonyl (C=O) groups is 1. The van der Waals surface area contributed by atoms with Crippen LogP contribution in [0.3, 0.4) is 0 Å². The Labute approximate surface area is 114 Å². The monoisotopic (exact) mass is 262 g/mol. The number of hydrogen-bond donors (Lipinski definition) is 1. The number of aromatic hydroxyl groups is 1. The van der Waals surface area contributed by atoms with E-state index in [2.05, 4.69) is 18.8 Å². The second-order valence-electron chi connectivity index (χ2n) is 5.37. The summed E-state index contributed by atoms with van der Waals surface area (Å²) in [4.78, 5) is 18.1. The summed E-state index contributed by atoms with van der Waals surface area (Å²) in [7, 11) is 0. The molecule has 0 aliphatic carbocycles. The molecule has 19 heavy (non-hydrogen) atoms. The van der Waals surface area contributed by atoms with Gasteiger partial charge in [-0.1, -0.05) is 26.7 Å². The van der Waals surface area contributed by atoms with Gasteiger partial charge in [-0.25, -0.2) is 4.98 Å². The maximum atomic E-state index is 12.3. The quantitative estimate of drug-likeness (QED) is 0.911. The predicted octanol–water partition coefficient (Wildman–Crippen LogP) is 2.83. The van der Waals surface area contributed by atoms with Crippen LogP contribution >= 0.6 is 0 Å². The lowest BCUT2D eigenvalue weighted by molar-refractivity contribution is 0.0549. The van der Waals surface area contributed by atoms with Crippen molar-refractivity contribution in [3.8, 4) is 5.75 Å². The van der Waals surface area contributed by atoms with Gasteiger partial charge in [0, 0.05) is 19.3 Å². The molecule has 1 N–H and O–H groups in total. The van der Waals surface area contributed by atoms with E-state index in [0.29, 0.717) is 5.41 Å². The number of aromatic nitrogens is 1. The molecule has 0 aromatic carbocycles. The first-order chi connectivity index (χ1) is 9.12. The van der Waals surface area contributed by atoms with E-state index in [1.807, 2.05) is 4.90 Å². The summed E-state index contributed by atoms with van der Waals surface area (Å²) in [5.74, 6) is -0.186. The second-order valence-corrected chi connectivity index (χ2v) is 5.37. The number of likely N-dealkylation sites (tertiary alicyclic amines) is 1. The van der Waals surface area contributed by atoms with Crippen LogP contribution in [0.5, 0.6) is 5.75 Å². The molecule has 1 aliphatic heterocycles. The van der Waals surface area contributed by atoms with E-state index in [9.17, 15) is 9.90 Å². The third-order valence-corrected chi connectivity index (χ3v) is 4.60. The van der Waals surface area contributed by atoms with Gasteiger partial charge in [0.25, 0.3) is 5.91 Å². The van der Waals surface area contributed by atoms with Gasteiger partial charge >= 0.3 is 0 Å². The van der Waals surface area contributed by atoms with Crippen LogP contribution in [0.4, 0.5) is 0 Å². The molecule has 1 aromatic rings. The van der Waals surface area contributed by atoms with Crippen LogP contribution in [0.15, 0.2) is 18.3 Å². The van der Waals surface area contributed by atoms with E-state index in [-0.39, 0.29) is 17.4 Å². The van der Waals surface area contributed by atoms with Crippen molar-refractivity contribution in [3.63, 3.8) is 0 Å². The Hall–Kier alpha value is -1.58. The van der Waals surface area contributed by atoms with Crippen LogP contribution in [0.2, 0.25) is 0 Å². The summed E-state index contributed by atoms with van der Waals surface area (Å²) >= 11 is 0. The van der Waals surface area contributed by atoms with E-state index in [1.54, 1.807) is 12.3 Å². The zero-order valence-corrected chi connectivity index (χ0v) is 11.7. The topological polar surface area (TPSA) is 53.4 Å². The van der Waals surface area contributed by atoms with Crippen LogP contribution in [-0.2, 0) is 0 Å². The van der Waals surface area contributed by atoms with E-state index in [0.717, 1.165) is 25.9 Å². The van der Waals surface area contributed by atoms with Crippen LogP contribution in [-0.4, -0.2) is 34.0 Å². The van der Waals surface area contributed by atoms with Crippen LogP contribution in [0.1, 0.15) is 50.0 Å². The van der Waals surface area contributed by atoms with Gasteiger partial charge in [0.15, 0.2) is 5.69 Å². The zero-order valence-electron chi connectivity index (χ0n) is 11.7. The number of amides is 1. The molecule has 1 aliphatic rings. The van der Waals surface area contributed by atoms with Gasteiger partial charge in [-0.3, -0.25) is 4.79 Å². The lowest BCUT2D eigenvalue weighted by atomic mass is 9.74. The van der Waals surface area contributed by atoms with Crippen LogP contribution in [0, 0.1) is 5.41 Å². The molecule has 4 nitrogen and oxygen atoms in total. The number of pyridine rings is 1. The van der Waals surface area contributed by atoms with Crippen molar-refractivity contribution in [2.24, 2.45) is 5.41 Å². The molecule has 0 radical (unpaired) electrons. The molecule has 2 heterocycles. The Balaban J connectivity index is 2.06. The van der Waals surface area contributed by atoms with E-state index < -0.39 is 0 Å². The highest BCUT2D eigenvalue weighted by Crippen LogP contribution is 2.38. The fourth-order valence-electron chi connectivity index (χ4n) is 2.85. The largest absolute Gasteiger partial charge is 0.505 e. The molecule has 1 saturated heterocycles. The third kappa shape index (κ3) is 2.72. The summed E-state index contributed by atoms with van der Waals surface area (Å²) < 4.78 is 0.